The normalized spacial score (nSPS) is 11.8. The fourth-order valence-electron chi connectivity index (χ4n) is 2.86. The maximum absolute atomic E-state index is 12.7. The minimum Gasteiger partial charge on any atom is -0.349 e. The number of carbonyl (C=O) groups is 1. The molecule has 0 aliphatic rings. The van der Waals surface area contributed by atoms with Gasteiger partial charge >= 0.3 is 0 Å². The molecule has 27 heavy (non-hydrogen) atoms. The van der Waals surface area contributed by atoms with Gasteiger partial charge in [0.05, 0.1) is 4.90 Å². The molecule has 0 heterocycles. The highest BCUT2D eigenvalue weighted by molar-refractivity contribution is 7.89. The Kier molecular flexibility index (Phi) is 6.57. The second-order valence-electron chi connectivity index (χ2n) is 7.05. The van der Waals surface area contributed by atoms with E-state index in [1.807, 2.05) is 45.0 Å². The summed E-state index contributed by atoms with van der Waals surface area (Å²) in [4.78, 5) is 12.1. The van der Waals surface area contributed by atoms with Crippen molar-refractivity contribution in [3.63, 3.8) is 0 Å². The number of benzene rings is 2. The lowest BCUT2D eigenvalue weighted by molar-refractivity contribution is 0.0958. The van der Waals surface area contributed by atoms with Crippen LogP contribution >= 0.6 is 0 Å². The Bertz CT molecular complexity index is 934. The van der Waals surface area contributed by atoms with E-state index in [1.54, 1.807) is 18.2 Å². The predicted molar refractivity (Wildman–Crippen MR) is 108 cm³/mol. The van der Waals surface area contributed by atoms with E-state index in [2.05, 4.69) is 16.6 Å². The first-order valence-electron chi connectivity index (χ1n) is 8.72. The van der Waals surface area contributed by atoms with Crippen molar-refractivity contribution in [1.29, 1.82) is 0 Å². The fourth-order valence-corrected chi connectivity index (χ4v) is 4.12. The molecule has 2 N–H and O–H groups in total. The van der Waals surface area contributed by atoms with Crippen LogP contribution in [-0.4, -0.2) is 27.4 Å². The highest BCUT2D eigenvalue weighted by Gasteiger charge is 2.25. The molecule has 0 aliphatic heterocycles. The van der Waals surface area contributed by atoms with Gasteiger partial charge in [-0.25, -0.2) is 13.1 Å². The maximum Gasteiger partial charge on any atom is 0.251 e. The number of hydrogen-bond donors (Lipinski definition) is 2. The molecule has 0 bridgehead atoms. The van der Waals surface area contributed by atoms with Gasteiger partial charge in [-0.2, -0.15) is 0 Å². The van der Waals surface area contributed by atoms with Crippen LogP contribution in [0.1, 0.15) is 35.3 Å². The summed E-state index contributed by atoms with van der Waals surface area (Å²) in [5, 5.41) is 2.64. The second-order valence-corrected chi connectivity index (χ2v) is 8.82. The molecule has 2 rings (SSSR count). The largest absolute Gasteiger partial charge is 0.349 e. The van der Waals surface area contributed by atoms with Crippen molar-refractivity contribution in [1.82, 2.24) is 10.0 Å². The average molecular weight is 387 g/mol. The summed E-state index contributed by atoms with van der Waals surface area (Å²) >= 11 is 0. The number of aryl methyl sites for hydroxylation is 1. The van der Waals surface area contributed by atoms with Crippen LogP contribution in [0, 0.1) is 6.92 Å². The van der Waals surface area contributed by atoms with Gasteiger partial charge in [0.1, 0.15) is 0 Å². The number of carbonyl (C=O) groups excluding carboxylic acids is 1. The number of nitrogens with one attached hydrogen (secondary N) is 2. The van der Waals surface area contributed by atoms with E-state index in [1.165, 1.54) is 12.1 Å². The molecular formula is C21H26N2O3S. The van der Waals surface area contributed by atoms with Gasteiger partial charge in [-0.05, 0) is 36.2 Å². The van der Waals surface area contributed by atoms with Gasteiger partial charge in [0, 0.05) is 24.1 Å². The van der Waals surface area contributed by atoms with Crippen molar-refractivity contribution in [2.75, 3.05) is 13.1 Å². The van der Waals surface area contributed by atoms with E-state index in [4.69, 9.17) is 0 Å². The lowest BCUT2D eigenvalue weighted by Crippen LogP contribution is -2.37. The number of hydrogen-bond acceptors (Lipinski definition) is 3. The van der Waals surface area contributed by atoms with Crippen LogP contribution in [0.15, 0.2) is 66.1 Å². The standard InChI is InChI=1S/C21H26N2O3S/c1-5-13-22-20(24)17-10-8-11-18(14-17)27(25,26)23-15-21(3,4)19-12-7-6-9-16(19)2/h5-12,14,23H,1,13,15H2,2-4H3,(H,22,24). The zero-order valence-electron chi connectivity index (χ0n) is 16.0. The number of rotatable bonds is 8. The molecule has 0 saturated heterocycles. The van der Waals surface area contributed by atoms with Crippen LogP contribution in [0.4, 0.5) is 0 Å². The fraction of sp³-hybridized carbons (Fsp3) is 0.286. The summed E-state index contributed by atoms with van der Waals surface area (Å²) in [6, 6.07) is 13.9. The molecule has 2 aromatic carbocycles. The van der Waals surface area contributed by atoms with Crippen LogP contribution < -0.4 is 10.0 Å². The molecular weight excluding hydrogens is 360 g/mol. The van der Waals surface area contributed by atoms with E-state index < -0.39 is 10.0 Å². The zero-order valence-corrected chi connectivity index (χ0v) is 16.8. The predicted octanol–water partition coefficient (Wildman–Crippen LogP) is 3.17. The van der Waals surface area contributed by atoms with Crippen LogP contribution in [-0.2, 0) is 15.4 Å². The molecule has 0 atom stereocenters. The third-order valence-electron chi connectivity index (χ3n) is 4.39. The van der Waals surface area contributed by atoms with E-state index >= 15 is 0 Å². The summed E-state index contributed by atoms with van der Waals surface area (Å²) in [7, 11) is -3.74. The summed E-state index contributed by atoms with van der Waals surface area (Å²) in [6.07, 6.45) is 1.56. The third-order valence-corrected chi connectivity index (χ3v) is 5.79. The highest BCUT2D eigenvalue weighted by Crippen LogP contribution is 2.26. The average Bonchev–Trinajstić information content (AvgIpc) is 2.65. The molecule has 0 unspecified atom stereocenters. The Morgan fingerprint density at radius 3 is 2.52 bits per heavy atom. The van der Waals surface area contributed by atoms with Crippen molar-refractivity contribution in [2.24, 2.45) is 0 Å². The number of amides is 1. The Hall–Kier alpha value is -2.44. The molecule has 0 aromatic heterocycles. The second kappa shape index (κ2) is 8.50. The Morgan fingerprint density at radius 1 is 1.15 bits per heavy atom. The Balaban J connectivity index is 2.18. The van der Waals surface area contributed by atoms with Crippen LogP contribution in [0.5, 0.6) is 0 Å². The summed E-state index contributed by atoms with van der Waals surface area (Å²) in [5.41, 5.74) is 2.11. The summed E-state index contributed by atoms with van der Waals surface area (Å²) in [6.45, 7) is 10.1. The lowest BCUT2D eigenvalue weighted by Gasteiger charge is -2.27. The van der Waals surface area contributed by atoms with Gasteiger partial charge in [-0.15, -0.1) is 6.58 Å². The van der Waals surface area contributed by atoms with Gasteiger partial charge in [0.25, 0.3) is 5.91 Å². The van der Waals surface area contributed by atoms with Gasteiger partial charge in [0.15, 0.2) is 0 Å². The van der Waals surface area contributed by atoms with Crippen LogP contribution in [0.2, 0.25) is 0 Å². The highest BCUT2D eigenvalue weighted by atomic mass is 32.2. The summed E-state index contributed by atoms with van der Waals surface area (Å²) in [5.74, 6) is -0.341. The van der Waals surface area contributed by atoms with Crippen LogP contribution in [0.3, 0.4) is 0 Å². The SMILES string of the molecule is C=CCNC(=O)c1cccc(S(=O)(=O)NCC(C)(C)c2ccccc2C)c1. The Morgan fingerprint density at radius 2 is 1.85 bits per heavy atom. The molecule has 5 nitrogen and oxygen atoms in total. The van der Waals surface area contributed by atoms with E-state index in [0.717, 1.165) is 11.1 Å². The molecule has 0 radical (unpaired) electrons. The molecule has 0 saturated carbocycles. The molecule has 1 amide bonds. The van der Waals surface area contributed by atoms with Crippen molar-refractivity contribution in [3.05, 3.63) is 77.9 Å². The van der Waals surface area contributed by atoms with Gasteiger partial charge in [-0.1, -0.05) is 50.3 Å². The smallest absolute Gasteiger partial charge is 0.251 e. The summed E-state index contributed by atoms with van der Waals surface area (Å²) < 4.78 is 28.1. The molecule has 2 aromatic rings. The maximum atomic E-state index is 12.7. The van der Waals surface area contributed by atoms with Crippen molar-refractivity contribution in [2.45, 2.75) is 31.1 Å². The Labute approximate surface area is 161 Å². The van der Waals surface area contributed by atoms with E-state index in [-0.39, 0.29) is 28.3 Å². The molecule has 144 valence electrons. The monoisotopic (exact) mass is 386 g/mol. The van der Waals surface area contributed by atoms with Crippen molar-refractivity contribution < 1.29 is 13.2 Å². The first-order chi connectivity index (χ1) is 12.7. The minimum absolute atomic E-state index is 0.0642. The van der Waals surface area contributed by atoms with Gasteiger partial charge < -0.3 is 5.32 Å². The van der Waals surface area contributed by atoms with E-state index in [0.29, 0.717) is 6.54 Å². The molecule has 6 heteroatoms. The molecule has 0 fully saturated rings. The molecule has 0 aliphatic carbocycles. The van der Waals surface area contributed by atoms with Crippen molar-refractivity contribution >= 4 is 15.9 Å². The van der Waals surface area contributed by atoms with Gasteiger partial charge in [-0.3, -0.25) is 4.79 Å². The number of sulfonamides is 1. The van der Waals surface area contributed by atoms with E-state index in [9.17, 15) is 13.2 Å². The van der Waals surface area contributed by atoms with Crippen molar-refractivity contribution in [3.8, 4) is 0 Å². The third kappa shape index (κ3) is 5.28. The first-order valence-corrected chi connectivity index (χ1v) is 10.2. The first kappa shape index (κ1) is 20.9. The van der Waals surface area contributed by atoms with Crippen LogP contribution in [0.25, 0.3) is 0 Å². The quantitative estimate of drug-likeness (QED) is 0.684. The van der Waals surface area contributed by atoms with Gasteiger partial charge in [0.2, 0.25) is 10.0 Å². The minimum atomic E-state index is -3.74. The topological polar surface area (TPSA) is 75.3 Å². The zero-order chi connectivity index (χ0) is 20.1. The molecule has 0 spiro atoms. The lowest BCUT2D eigenvalue weighted by atomic mass is 9.82.